The zero-order chi connectivity index (χ0) is 16.5. The topological polar surface area (TPSA) is 49.3 Å². The van der Waals surface area contributed by atoms with E-state index in [9.17, 15) is 14.3 Å². The number of hydrogen-bond donors (Lipinski definition) is 2. The summed E-state index contributed by atoms with van der Waals surface area (Å²) >= 11 is 0. The first-order valence-corrected chi connectivity index (χ1v) is 7.55. The molecule has 0 fully saturated rings. The zero-order valence-corrected chi connectivity index (χ0v) is 12.8. The maximum atomic E-state index is 13.4. The minimum Gasteiger partial charge on any atom is -0.391 e. The van der Waals surface area contributed by atoms with Crippen molar-refractivity contribution in [1.29, 1.82) is 0 Å². The normalized spacial score (nSPS) is 12.3. The van der Waals surface area contributed by atoms with E-state index >= 15 is 0 Å². The molecule has 1 amide bonds. The lowest BCUT2D eigenvalue weighted by Crippen LogP contribution is -2.32. The van der Waals surface area contributed by atoms with Gasteiger partial charge in [-0.25, -0.2) is 4.39 Å². The van der Waals surface area contributed by atoms with Gasteiger partial charge in [-0.2, -0.15) is 0 Å². The van der Waals surface area contributed by atoms with Crippen LogP contribution in [0.25, 0.3) is 6.08 Å². The molecule has 0 bridgehead atoms. The fraction of sp³-hybridized carbons (Fsp3) is 0.211. The third kappa shape index (κ3) is 6.04. The summed E-state index contributed by atoms with van der Waals surface area (Å²) in [6, 6.07) is 16.0. The second kappa shape index (κ2) is 8.86. The van der Waals surface area contributed by atoms with Gasteiger partial charge in [0, 0.05) is 24.9 Å². The Bertz CT molecular complexity index is 655. The monoisotopic (exact) mass is 313 g/mol. The molecule has 0 saturated carbocycles. The van der Waals surface area contributed by atoms with E-state index in [0.717, 1.165) is 5.56 Å². The van der Waals surface area contributed by atoms with E-state index < -0.39 is 6.10 Å². The second-order valence-corrected chi connectivity index (χ2v) is 5.28. The van der Waals surface area contributed by atoms with Crippen molar-refractivity contribution < 1.29 is 14.3 Å². The molecule has 2 aromatic rings. The first-order valence-electron chi connectivity index (χ1n) is 7.55. The van der Waals surface area contributed by atoms with Crippen molar-refractivity contribution in [3.63, 3.8) is 0 Å². The van der Waals surface area contributed by atoms with Gasteiger partial charge in [-0.15, -0.1) is 0 Å². The summed E-state index contributed by atoms with van der Waals surface area (Å²) in [5, 5.41) is 12.6. The largest absolute Gasteiger partial charge is 0.391 e. The van der Waals surface area contributed by atoms with Gasteiger partial charge in [0.15, 0.2) is 0 Å². The van der Waals surface area contributed by atoms with Gasteiger partial charge >= 0.3 is 0 Å². The van der Waals surface area contributed by atoms with Crippen LogP contribution in [0.1, 0.15) is 17.5 Å². The zero-order valence-electron chi connectivity index (χ0n) is 12.8. The van der Waals surface area contributed by atoms with Crippen LogP contribution in [0.15, 0.2) is 60.7 Å². The maximum Gasteiger partial charge on any atom is 0.223 e. The molecule has 120 valence electrons. The van der Waals surface area contributed by atoms with Crippen LogP contribution in [-0.2, 0) is 11.2 Å². The molecule has 0 spiro atoms. The summed E-state index contributed by atoms with van der Waals surface area (Å²) in [7, 11) is 0. The molecular formula is C19H20FNO2. The van der Waals surface area contributed by atoms with Gasteiger partial charge in [-0.05, 0) is 11.6 Å². The van der Waals surface area contributed by atoms with Crippen LogP contribution in [0, 0.1) is 5.82 Å². The summed E-state index contributed by atoms with van der Waals surface area (Å²) in [6.45, 7) is 0.196. The molecule has 3 nitrogen and oxygen atoms in total. The molecule has 0 aromatic heterocycles. The van der Waals surface area contributed by atoms with Crippen molar-refractivity contribution in [1.82, 2.24) is 5.32 Å². The van der Waals surface area contributed by atoms with Crippen LogP contribution in [0.4, 0.5) is 4.39 Å². The molecule has 23 heavy (non-hydrogen) atoms. The molecule has 0 radical (unpaired) electrons. The van der Waals surface area contributed by atoms with Crippen molar-refractivity contribution in [3.05, 3.63) is 77.6 Å². The van der Waals surface area contributed by atoms with Crippen LogP contribution in [0.5, 0.6) is 0 Å². The van der Waals surface area contributed by atoms with E-state index in [2.05, 4.69) is 5.32 Å². The van der Waals surface area contributed by atoms with Crippen molar-refractivity contribution in [2.75, 3.05) is 6.54 Å². The average molecular weight is 313 g/mol. The molecule has 4 heteroatoms. The molecular weight excluding hydrogens is 293 g/mol. The van der Waals surface area contributed by atoms with Crippen molar-refractivity contribution in [3.8, 4) is 0 Å². The van der Waals surface area contributed by atoms with Crippen LogP contribution in [0.3, 0.4) is 0 Å². The third-order valence-electron chi connectivity index (χ3n) is 3.35. The first-order chi connectivity index (χ1) is 11.1. The summed E-state index contributed by atoms with van der Waals surface area (Å²) in [6.07, 6.45) is 3.20. The number of aliphatic hydroxyl groups excluding tert-OH is 1. The van der Waals surface area contributed by atoms with Crippen LogP contribution in [0.2, 0.25) is 0 Å². The van der Waals surface area contributed by atoms with Crippen LogP contribution in [-0.4, -0.2) is 23.7 Å². The number of hydrogen-bond acceptors (Lipinski definition) is 2. The molecule has 0 aliphatic heterocycles. The second-order valence-electron chi connectivity index (χ2n) is 5.28. The maximum absolute atomic E-state index is 13.4. The number of aliphatic hydroxyl groups is 1. The van der Waals surface area contributed by atoms with E-state index in [4.69, 9.17) is 0 Å². The predicted molar refractivity (Wildman–Crippen MR) is 89.2 cm³/mol. The Hall–Kier alpha value is -2.46. The minimum absolute atomic E-state index is 0.145. The minimum atomic E-state index is -0.628. The SMILES string of the molecule is O=C(C/C=C/c1ccccc1F)NCC(O)Cc1ccccc1. The van der Waals surface area contributed by atoms with Gasteiger partial charge in [0.05, 0.1) is 6.10 Å². The lowest BCUT2D eigenvalue weighted by Gasteiger charge is -2.11. The molecule has 1 unspecified atom stereocenters. The molecule has 1 atom stereocenters. The van der Waals surface area contributed by atoms with E-state index in [1.807, 2.05) is 30.3 Å². The number of benzene rings is 2. The highest BCUT2D eigenvalue weighted by molar-refractivity contribution is 5.78. The quantitative estimate of drug-likeness (QED) is 0.825. The van der Waals surface area contributed by atoms with E-state index in [1.165, 1.54) is 6.07 Å². The fourth-order valence-corrected chi connectivity index (χ4v) is 2.17. The number of halogens is 1. The highest BCUT2D eigenvalue weighted by Gasteiger charge is 2.07. The van der Waals surface area contributed by atoms with E-state index in [1.54, 1.807) is 30.4 Å². The Kier molecular flexibility index (Phi) is 6.51. The Morgan fingerprint density at radius 2 is 1.83 bits per heavy atom. The molecule has 0 heterocycles. The van der Waals surface area contributed by atoms with Crippen LogP contribution < -0.4 is 5.32 Å². The highest BCUT2D eigenvalue weighted by atomic mass is 19.1. The Morgan fingerprint density at radius 1 is 1.13 bits per heavy atom. The summed E-state index contributed by atoms with van der Waals surface area (Å²) in [5.74, 6) is -0.521. The lowest BCUT2D eigenvalue weighted by atomic mass is 10.1. The average Bonchev–Trinajstić information content (AvgIpc) is 2.56. The molecule has 0 saturated heterocycles. The van der Waals surface area contributed by atoms with Crippen molar-refractivity contribution in [2.45, 2.75) is 18.9 Å². The standard InChI is InChI=1S/C19H20FNO2/c20-18-11-5-4-9-16(18)10-6-12-19(23)21-14-17(22)13-15-7-2-1-3-8-15/h1-11,17,22H,12-14H2,(H,21,23)/b10-6+. The fourth-order valence-electron chi connectivity index (χ4n) is 2.17. The van der Waals surface area contributed by atoms with Crippen LogP contribution >= 0.6 is 0 Å². The van der Waals surface area contributed by atoms with Gasteiger partial charge in [0.1, 0.15) is 5.82 Å². The molecule has 2 rings (SSSR count). The van der Waals surface area contributed by atoms with Gasteiger partial charge in [0.25, 0.3) is 0 Å². The molecule has 2 aromatic carbocycles. The number of rotatable bonds is 7. The molecule has 2 N–H and O–H groups in total. The number of amides is 1. The van der Waals surface area contributed by atoms with Gasteiger partial charge in [-0.1, -0.05) is 60.7 Å². The number of carbonyl (C=O) groups is 1. The van der Waals surface area contributed by atoms with E-state index in [-0.39, 0.29) is 24.7 Å². The molecule has 0 aliphatic rings. The number of carbonyl (C=O) groups excluding carboxylic acids is 1. The van der Waals surface area contributed by atoms with Gasteiger partial charge in [0.2, 0.25) is 5.91 Å². The third-order valence-corrected chi connectivity index (χ3v) is 3.35. The van der Waals surface area contributed by atoms with Crippen molar-refractivity contribution >= 4 is 12.0 Å². The summed E-state index contributed by atoms with van der Waals surface area (Å²) < 4.78 is 13.4. The van der Waals surface area contributed by atoms with Gasteiger partial charge in [-0.3, -0.25) is 4.79 Å². The smallest absolute Gasteiger partial charge is 0.223 e. The Labute approximate surface area is 135 Å². The van der Waals surface area contributed by atoms with Gasteiger partial charge < -0.3 is 10.4 Å². The molecule has 0 aliphatic carbocycles. The first kappa shape index (κ1) is 16.9. The number of nitrogens with one attached hydrogen (secondary N) is 1. The van der Waals surface area contributed by atoms with E-state index in [0.29, 0.717) is 12.0 Å². The summed E-state index contributed by atoms with van der Waals surface area (Å²) in [5.41, 5.74) is 1.47. The van der Waals surface area contributed by atoms with Crippen molar-refractivity contribution in [2.24, 2.45) is 0 Å². The Balaban J connectivity index is 1.72. The predicted octanol–water partition coefficient (Wildman–Crippen LogP) is 2.95. The Morgan fingerprint density at radius 3 is 2.57 bits per heavy atom. The lowest BCUT2D eigenvalue weighted by molar-refractivity contribution is -0.120. The highest BCUT2D eigenvalue weighted by Crippen LogP contribution is 2.08. The summed E-state index contributed by atoms with van der Waals surface area (Å²) in [4.78, 5) is 11.7.